The number of hydrogen-bond acceptors (Lipinski definition) is 3. The van der Waals surface area contributed by atoms with Gasteiger partial charge >= 0.3 is 0 Å². The predicted molar refractivity (Wildman–Crippen MR) is 162 cm³/mol. The van der Waals surface area contributed by atoms with E-state index in [0.29, 0.717) is 0 Å². The van der Waals surface area contributed by atoms with Gasteiger partial charge in [-0.1, -0.05) is 67.5 Å². The molecule has 0 unspecified atom stereocenters. The van der Waals surface area contributed by atoms with Gasteiger partial charge in [-0.25, -0.2) is 0 Å². The molecule has 6 rings (SSSR count). The van der Waals surface area contributed by atoms with E-state index < -0.39 is 21.8 Å². The third kappa shape index (κ3) is 6.03. The zero-order valence-corrected chi connectivity index (χ0v) is 25.5. The van der Waals surface area contributed by atoms with Crippen molar-refractivity contribution in [1.29, 1.82) is 0 Å². The summed E-state index contributed by atoms with van der Waals surface area (Å²) in [6.07, 6.45) is 2.85. The summed E-state index contributed by atoms with van der Waals surface area (Å²) in [5.41, 5.74) is 3.82. The van der Waals surface area contributed by atoms with Crippen molar-refractivity contribution in [2.24, 2.45) is 0 Å². The molecule has 0 aliphatic carbocycles. The molecule has 0 bridgehead atoms. The maximum Gasteiger partial charge on any atom is 0.0300 e. The third-order valence-electron chi connectivity index (χ3n) is 6.03. The first kappa shape index (κ1) is 20.9. The quantitative estimate of drug-likeness (QED) is 0.136. The Labute approximate surface area is 252 Å². The fourth-order valence-corrected chi connectivity index (χ4v) is 7.04. The van der Waals surface area contributed by atoms with Gasteiger partial charge < -0.3 is 9.97 Å². The minimum Gasteiger partial charge on any atom is -0.304 e. The Balaban J connectivity index is 0.000000223. The number of benzene rings is 3. The molecule has 0 fully saturated rings. The molecule has 1 radical (unpaired) electrons. The Morgan fingerprint density at radius 2 is 1.47 bits per heavy atom. The number of aromatic nitrogens is 2. The van der Waals surface area contributed by atoms with E-state index in [0.717, 1.165) is 22.5 Å². The van der Waals surface area contributed by atoms with Crippen LogP contribution in [0.4, 0.5) is 0 Å². The fourth-order valence-electron chi connectivity index (χ4n) is 4.20. The standard InChI is InChI=1S/C21H20NSSi.C12H10N.Ir/c1-14-9-11-17(22-13-14)15-10-12-19(24(2,3)4)20-16-7-5-6-8-18(16)23-21(15)20;1-10-7-8-12(13-9-10)11-5-3-2-4-6-11;/h5-9,11-13H,1-4H3;2-5,7-9H,1H3;/q2*-1;/i2*1D3;. The summed E-state index contributed by atoms with van der Waals surface area (Å²) in [6, 6.07) is 31.3. The van der Waals surface area contributed by atoms with Crippen molar-refractivity contribution >= 4 is 44.8 Å². The molecular weight excluding hydrogens is 677 g/mol. The number of rotatable bonds is 3. The Morgan fingerprint density at radius 3 is 2.08 bits per heavy atom. The molecule has 0 amide bonds. The molecule has 0 saturated carbocycles. The van der Waals surface area contributed by atoms with Crippen LogP contribution in [0.3, 0.4) is 0 Å². The molecule has 3 aromatic carbocycles. The Bertz CT molecular complexity index is 1860. The van der Waals surface area contributed by atoms with Crippen molar-refractivity contribution < 1.29 is 28.3 Å². The van der Waals surface area contributed by atoms with Gasteiger partial charge in [-0.3, -0.25) is 0 Å². The van der Waals surface area contributed by atoms with Crippen molar-refractivity contribution in [2.75, 3.05) is 0 Å². The summed E-state index contributed by atoms with van der Waals surface area (Å²) in [4.78, 5) is 8.58. The summed E-state index contributed by atoms with van der Waals surface area (Å²) in [5, 5.41) is 3.99. The first-order valence-corrected chi connectivity index (χ1v) is 16.3. The van der Waals surface area contributed by atoms with Gasteiger partial charge in [-0.15, -0.1) is 58.8 Å². The van der Waals surface area contributed by atoms with Crippen molar-refractivity contribution in [3.63, 3.8) is 0 Å². The van der Waals surface area contributed by atoms with Crippen LogP contribution in [0.1, 0.15) is 19.4 Å². The Kier molecular flexibility index (Phi) is 6.52. The molecular formula is C33H30IrN2SSi-2. The predicted octanol–water partition coefficient (Wildman–Crippen LogP) is 8.63. The molecule has 5 heteroatoms. The third-order valence-corrected chi connectivity index (χ3v) is 9.23. The summed E-state index contributed by atoms with van der Waals surface area (Å²) in [6.45, 7) is 2.83. The van der Waals surface area contributed by atoms with E-state index in [9.17, 15) is 0 Å². The second-order valence-corrected chi connectivity index (χ2v) is 15.9. The van der Waals surface area contributed by atoms with Gasteiger partial charge in [0.25, 0.3) is 0 Å². The normalized spacial score (nSPS) is 14.1. The monoisotopic (exact) mass is 713 g/mol. The van der Waals surface area contributed by atoms with Crippen LogP contribution in [-0.4, -0.2) is 18.0 Å². The van der Waals surface area contributed by atoms with Gasteiger partial charge in [0.1, 0.15) is 0 Å². The van der Waals surface area contributed by atoms with E-state index in [1.54, 1.807) is 41.7 Å². The van der Waals surface area contributed by atoms with E-state index in [1.807, 2.05) is 18.2 Å². The molecule has 0 atom stereocenters. The Morgan fingerprint density at radius 1 is 0.789 bits per heavy atom. The number of thiophene rings is 1. The maximum atomic E-state index is 7.54. The zero-order valence-electron chi connectivity index (χ0n) is 27.3. The maximum absolute atomic E-state index is 7.54. The van der Waals surface area contributed by atoms with Crippen LogP contribution < -0.4 is 5.19 Å². The van der Waals surface area contributed by atoms with Gasteiger partial charge in [0.15, 0.2) is 0 Å². The molecule has 193 valence electrons. The fraction of sp³-hybridized carbons (Fsp3) is 0.152. The molecule has 0 aliphatic rings. The summed E-state index contributed by atoms with van der Waals surface area (Å²) in [7, 11) is -1.56. The van der Waals surface area contributed by atoms with Crippen LogP contribution in [-0.2, 0) is 20.1 Å². The second-order valence-electron chi connectivity index (χ2n) is 9.77. The number of nitrogens with zero attached hydrogens (tertiary/aromatic N) is 2. The van der Waals surface area contributed by atoms with Gasteiger partial charge in [0, 0.05) is 53.5 Å². The molecule has 0 aliphatic heterocycles. The van der Waals surface area contributed by atoms with Crippen LogP contribution in [0, 0.1) is 25.8 Å². The van der Waals surface area contributed by atoms with Gasteiger partial charge in [-0.05, 0) is 52.4 Å². The number of hydrogen-bond donors (Lipinski definition) is 0. The van der Waals surface area contributed by atoms with Gasteiger partial charge in [0.2, 0.25) is 0 Å². The first-order chi connectivity index (χ1) is 20.2. The molecule has 0 spiro atoms. The van der Waals surface area contributed by atoms with E-state index >= 15 is 0 Å². The minimum absolute atomic E-state index is 0. The van der Waals surface area contributed by atoms with Crippen molar-refractivity contribution in [3.05, 3.63) is 115 Å². The SMILES string of the molecule is [2H]C([2H])([2H])c1ccc(-c2[c-]cc([Si](C)(C)C)c3c2sc2ccccc23)nc1.[2H]C([2H])([2H])c1ccc(-c2[c-]cccc2)nc1.[Ir]. The van der Waals surface area contributed by atoms with E-state index in [1.165, 1.54) is 37.8 Å². The number of aryl methyl sites for hydroxylation is 2. The summed E-state index contributed by atoms with van der Waals surface area (Å²) < 4.78 is 46.8. The van der Waals surface area contributed by atoms with Crippen molar-refractivity contribution in [1.82, 2.24) is 9.97 Å². The van der Waals surface area contributed by atoms with E-state index in [-0.39, 0.29) is 31.2 Å². The van der Waals surface area contributed by atoms with Crippen molar-refractivity contribution in [2.45, 2.75) is 33.3 Å². The van der Waals surface area contributed by atoms with Crippen molar-refractivity contribution in [3.8, 4) is 22.5 Å². The van der Waals surface area contributed by atoms with Crippen LogP contribution >= 0.6 is 11.3 Å². The molecule has 3 heterocycles. The molecule has 2 nitrogen and oxygen atoms in total. The topological polar surface area (TPSA) is 25.8 Å². The molecule has 6 aromatic rings. The van der Waals surface area contributed by atoms with Crippen LogP contribution in [0.15, 0.2) is 91.3 Å². The first-order valence-electron chi connectivity index (χ1n) is 15.0. The van der Waals surface area contributed by atoms with Crippen LogP contribution in [0.5, 0.6) is 0 Å². The van der Waals surface area contributed by atoms with Gasteiger partial charge in [0.05, 0.1) is 0 Å². The summed E-state index contributed by atoms with van der Waals surface area (Å²) in [5.74, 6) is 0. The molecule has 0 saturated heterocycles. The largest absolute Gasteiger partial charge is 0.304 e. The number of fused-ring (bicyclic) bond motifs is 3. The summed E-state index contributed by atoms with van der Waals surface area (Å²) >= 11 is 1.76. The van der Waals surface area contributed by atoms with E-state index in [2.05, 4.69) is 72.1 Å². The number of pyridine rings is 2. The average molecular weight is 713 g/mol. The molecule has 0 N–H and O–H groups in total. The molecule has 38 heavy (non-hydrogen) atoms. The van der Waals surface area contributed by atoms with Gasteiger partial charge in [-0.2, -0.15) is 11.3 Å². The van der Waals surface area contributed by atoms with Crippen LogP contribution in [0.2, 0.25) is 19.6 Å². The Hall–Kier alpha value is -2.95. The smallest absolute Gasteiger partial charge is 0.0300 e. The zero-order chi connectivity index (χ0) is 31.0. The van der Waals surface area contributed by atoms with Crippen LogP contribution in [0.25, 0.3) is 42.7 Å². The average Bonchev–Trinajstić information content (AvgIpc) is 3.36. The van der Waals surface area contributed by atoms with E-state index in [4.69, 9.17) is 8.22 Å². The molecule has 3 aromatic heterocycles. The second kappa shape index (κ2) is 11.8. The minimum atomic E-state index is -2.14.